The lowest BCUT2D eigenvalue weighted by Crippen LogP contribution is -2.48. The van der Waals surface area contributed by atoms with Gasteiger partial charge in [-0.3, -0.25) is 4.79 Å². The van der Waals surface area contributed by atoms with Gasteiger partial charge in [0.05, 0.1) is 16.2 Å². The fraction of sp³-hybridized carbons (Fsp3) is 0.500. The van der Waals surface area contributed by atoms with Gasteiger partial charge in [0.1, 0.15) is 0 Å². The average molecular weight is 331 g/mol. The van der Waals surface area contributed by atoms with Crippen LogP contribution in [0.2, 0.25) is 0 Å². The zero-order valence-corrected chi connectivity index (χ0v) is 13.2. The van der Waals surface area contributed by atoms with Crippen LogP contribution < -0.4 is 11.1 Å². The van der Waals surface area contributed by atoms with E-state index in [1.807, 2.05) is 0 Å². The molecule has 1 amide bonds. The van der Waals surface area contributed by atoms with Crippen LogP contribution >= 0.6 is 12.4 Å². The van der Waals surface area contributed by atoms with E-state index in [1.165, 1.54) is 0 Å². The van der Waals surface area contributed by atoms with Crippen LogP contribution in [0.25, 0.3) is 0 Å². The Morgan fingerprint density at radius 2 is 1.90 bits per heavy atom. The Morgan fingerprint density at radius 3 is 2.57 bits per heavy atom. The first-order chi connectivity index (χ1) is 9.41. The summed E-state index contributed by atoms with van der Waals surface area (Å²) in [4.78, 5) is 12.6. The minimum absolute atomic E-state index is 0. The van der Waals surface area contributed by atoms with E-state index in [0.29, 0.717) is 29.8 Å². The summed E-state index contributed by atoms with van der Waals surface area (Å²) in [5.74, 6) is -0.0639. The second kappa shape index (κ2) is 5.59. The van der Waals surface area contributed by atoms with E-state index in [9.17, 15) is 13.2 Å². The normalized spacial score (nSPS) is 21.4. The van der Waals surface area contributed by atoms with E-state index in [-0.39, 0.29) is 24.1 Å². The van der Waals surface area contributed by atoms with E-state index >= 15 is 0 Å². The predicted molar refractivity (Wildman–Crippen MR) is 83.5 cm³/mol. The third-order valence-corrected chi connectivity index (χ3v) is 6.04. The monoisotopic (exact) mass is 330 g/mol. The van der Waals surface area contributed by atoms with Crippen molar-refractivity contribution in [3.63, 3.8) is 0 Å². The minimum Gasteiger partial charge on any atom is -0.324 e. The first-order valence-corrected chi connectivity index (χ1v) is 8.52. The number of sulfone groups is 1. The lowest BCUT2D eigenvalue weighted by Gasteiger charge is -2.22. The van der Waals surface area contributed by atoms with Gasteiger partial charge in [0.15, 0.2) is 9.84 Å². The van der Waals surface area contributed by atoms with Crippen molar-refractivity contribution < 1.29 is 13.2 Å². The zero-order chi connectivity index (χ0) is 14.4. The molecule has 0 bridgehead atoms. The van der Waals surface area contributed by atoms with Crippen molar-refractivity contribution in [3.05, 3.63) is 23.8 Å². The van der Waals surface area contributed by atoms with Crippen molar-refractivity contribution in [1.29, 1.82) is 0 Å². The molecule has 0 unspecified atom stereocenters. The van der Waals surface area contributed by atoms with E-state index in [0.717, 1.165) is 18.4 Å². The first-order valence-electron chi connectivity index (χ1n) is 6.87. The van der Waals surface area contributed by atoms with Crippen LogP contribution in [0.3, 0.4) is 0 Å². The average Bonchev–Trinajstić information content (AvgIpc) is 2.96. The highest BCUT2D eigenvalue weighted by atomic mass is 35.5. The van der Waals surface area contributed by atoms with Crippen LogP contribution in [-0.2, 0) is 21.1 Å². The number of nitrogens with one attached hydrogen (secondary N) is 1. The maximum atomic E-state index is 12.2. The summed E-state index contributed by atoms with van der Waals surface area (Å²) in [6.45, 7) is 0. The van der Waals surface area contributed by atoms with E-state index in [1.54, 1.807) is 18.2 Å². The van der Waals surface area contributed by atoms with Crippen molar-refractivity contribution in [2.45, 2.75) is 42.5 Å². The third-order valence-electron chi connectivity index (χ3n) is 4.25. The van der Waals surface area contributed by atoms with Crippen LogP contribution in [0.1, 0.15) is 31.2 Å². The van der Waals surface area contributed by atoms with Crippen molar-refractivity contribution in [3.8, 4) is 0 Å². The van der Waals surface area contributed by atoms with Gasteiger partial charge in [0.2, 0.25) is 5.91 Å². The summed E-state index contributed by atoms with van der Waals surface area (Å²) in [7, 11) is -3.18. The van der Waals surface area contributed by atoms with Gasteiger partial charge >= 0.3 is 0 Å². The van der Waals surface area contributed by atoms with Crippen molar-refractivity contribution >= 4 is 33.8 Å². The number of carbonyl (C=O) groups excluding carboxylic acids is 1. The number of fused-ring (bicyclic) bond motifs is 1. The molecule has 1 saturated carbocycles. The van der Waals surface area contributed by atoms with Gasteiger partial charge < -0.3 is 11.1 Å². The second-order valence-electron chi connectivity index (χ2n) is 5.71. The number of hydrogen-bond acceptors (Lipinski definition) is 4. The largest absolute Gasteiger partial charge is 0.324 e. The molecule has 3 N–H and O–H groups in total. The van der Waals surface area contributed by atoms with Gasteiger partial charge in [-0.15, -0.1) is 12.4 Å². The number of hydrogen-bond donors (Lipinski definition) is 2. The molecule has 0 saturated heterocycles. The van der Waals surface area contributed by atoms with Gasteiger partial charge in [0, 0.05) is 5.69 Å². The number of benzene rings is 1. The van der Waals surface area contributed by atoms with Crippen LogP contribution in [-0.4, -0.2) is 25.6 Å². The van der Waals surface area contributed by atoms with Crippen LogP contribution in [0.15, 0.2) is 23.1 Å². The second-order valence-corrected chi connectivity index (χ2v) is 7.79. The van der Waals surface area contributed by atoms with Crippen LogP contribution in [0.5, 0.6) is 0 Å². The highest BCUT2D eigenvalue weighted by molar-refractivity contribution is 7.91. The van der Waals surface area contributed by atoms with E-state index in [4.69, 9.17) is 5.73 Å². The van der Waals surface area contributed by atoms with E-state index < -0.39 is 15.4 Å². The topological polar surface area (TPSA) is 89.3 Å². The molecule has 1 aromatic rings. The fourth-order valence-electron chi connectivity index (χ4n) is 2.97. The molecule has 0 radical (unpaired) electrons. The highest BCUT2D eigenvalue weighted by Crippen LogP contribution is 2.31. The van der Waals surface area contributed by atoms with Crippen LogP contribution in [0, 0.1) is 0 Å². The number of carbonyl (C=O) groups is 1. The van der Waals surface area contributed by atoms with Crippen molar-refractivity contribution in [2.24, 2.45) is 5.73 Å². The SMILES string of the molecule is Cl.NC1(C(=O)Nc2ccc3c(c2)S(=O)(=O)CC3)CCCC1. The number of anilines is 1. The Bertz CT molecular complexity index is 667. The maximum Gasteiger partial charge on any atom is 0.244 e. The van der Waals surface area contributed by atoms with Gasteiger partial charge in [-0.2, -0.15) is 0 Å². The highest BCUT2D eigenvalue weighted by Gasteiger charge is 2.37. The predicted octanol–water partition coefficient (Wildman–Crippen LogP) is 1.65. The molecule has 3 rings (SSSR count). The summed E-state index contributed by atoms with van der Waals surface area (Å²) in [6.07, 6.45) is 3.84. The molecule has 0 spiro atoms. The molecular formula is C14H19ClN2O3S. The molecule has 116 valence electrons. The maximum absolute atomic E-state index is 12.2. The summed E-state index contributed by atoms with van der Waals surface area (Å²) in [6, 6.07) is 5.07. The summed E-state index contributed by atoms with van der Waals surface area (Å²) >= 11 is 0. The van der Waals surface area contributed by atoms with E-state index in [2.05, 4.69) is 5.32 Å². The Hall–Kier alpha value is -1.11. The molecule has 0 aromatic heterocycles. The first kappa shape index (κ1) is 16.3. The summed E-state index contributed by atoms with van der Waals surface area (Å²) < 4.78 is 23.7. The zero-order valence-electron chi connectivity index (χ0n) is 11.6. The van der Waals surface area contributed by atoms with Crippen molar-refractivity contribution in [2.75, 3.05) is 11.1 Å². The summed E-state index contributed by atoms with van der Waals surface area (Å²) in [5, 5.41) is 2.76. The van der Waals surface area contributed by atoms with Crippen molar-refractivity contribution in [1.82, 2.24) is 0 Å². The number of amides is 1. The molecule has 0 atom stereocenters. The molecule has 5 nitrogen and oxygen atoms in total. The van der Waals surface area contributed by atoms with Gasteiger partial charge in [-0.1, -0.05) is 18.9 Å². The minimum atomic E-state index is -3.18. The Labute approximate surface area is 130 Å². The number of aryl methyl sites for hydroxylation is 1. The molecule has 1 aliphatic carbocycles. The van der Waals surface area contributed by atoms with Gasteiger partial charge in [-0.25, -0.2) is 8.42 Å². The molecule has 21 heavy (non-hydrogen) atoms. The standard InChI is InChI=1S/C14H18N2O3S.ClH/c15-14(6-1-2-7-14)13(17)16-11-4-3-10-5-8-20(18,19)12(10)9-11;/h3-4,9H,1-2,5-8,15H2,(H,16,17);1H. The molecule has 1 fully saturated rings. The molecule has 7 heteroatoms. The number of halogens is 1. The summed E-state index contributed by atoms with van der Waals surface area (Å²) in [5.41, 5.74) is 6.61. The lowest BCUT2D eigenvalue weighted by atomic mass is 9.98. The van der Waals surface area contributed by atoms with Crippen LogP contribution in [0.4, 0.5) is 5.69 Å². The Balaban J connectivity index is 0.00000161. The molecular weight excluding hydrogens is 312 g/mol. The lowest BCUT2D eigenvalue weighted by molar-refractivity contribution is -0.121. The number of nitrogens with two attached hydrogens (primary N) is 1. The Morgan fingerprint density at radius 1 is 1.24 bits per heavy atom. The molecule has 1 heterocycles. The molecule has 1 aliphatic heterocycles. The molecule has 1 aromatic carbocycles. The fourth-order valence-corrected chi connectivity index (χ4v) is 4.56. The quantitative estimate of drug-likeness (QED) is 0.862. The Kier molecular flexibility index (Phi) is 4.33. The van der Waals surface area contributed by atoms with Gasteiger partial charge in [0.25, 0.3) is 0 Å². The smallest absolute Gasteiger partial charge is 0.244 e. The third kappa shape index (κ3) is 2.93. The number of rotatable bonds is 2. The molecule has 2 aliphatic rings. The van der Waals surface area contributed by atoms with Gasteiger partial charge in [-0.05, 0) is 37.0 Å².